The van der Waals surface area contributed by atoms with Crippen LogP contribution in [0.4, 0.5) is 0 Å². The van der Waals surface area contributed by atoms with E-state index in [0.29, 0.717) is 0 Å². The Balaban J connectivity index is 2.25. The van der Waals surface area contributed by atoms with E-state index in [-0.39, 0.29) is 17.1 Å². The second-order valence-corrected chi connectivity index (χ2v) is 4.05. The number of methoxy groups -OCH3 is 1. The maximum atomic E-state index is 5.74. The molecule has 0 aliphatic carbocycles. The van der Waals surface area contributed by atoms with Gasteiger partial charge in [0.05, 0.1) is 7.11 Å². The molecule has 0 bridgehead atoms. The zero-order valence-electron chi connectivity index (χ0n) is 10.6. The predicted molar refractivity (Wildman–Crippen MR) is 73.2 cm³/mol. The van der Waals surface area contributed by atoms with Crippen molar-refractivity contribution in [3.8, 4) is 17.9 Å². The smallest absolute Gasteiger partial charge is 0.321 e. The van der Waals surface area contributed by atoms with Crippen molar-refractivity contribution in [2.24, 2.45) is 0 Å². The molecule has 96 valence electrons. The topological polar surface area (TPSA) is 47.9 Å². The van der Waals surface area contributed by atoms with Gasteiger partial charge in [-0.2, -0.15) is 15.0 Å². The lowest BCUT2D eigenvalue weighted by molar-refractivity contribution is 0.377. The highest BCUT2D eigenvalue weighted by Gasteiger charge is 2.02. The first kappa shape index (κ1) is 13.3. The fraction of sp³-hybridized carbons (Fsp3) is 0.214. The van der Waals surface area contributed by atoms with E-state index in [4.69, 9.17) is 16.3 Å². The van der Waals surface area contributed by atoms with Gasteiger partial charge in [-0.25, -0.2) is 0 Å². The Bertz CT molecular complexity index is 629. The van der Waals surface area contributed by atoms with Gasteiger partial charge in [-0.15, -0.1) is 0 Å². The zero-order valence-corrected chi connectivity index (χ0v) is 11.4. The molecular formula is C14H12ClN3O. The Kier molecular flexibility index (Phi) is 4.32. The lowest BCUT2D eigenvalue weighted by Gasteiger charge is -1.97. The Morgan fingerprint density at radius 3 is 2.47 bits per heavy atom. The highest BCUT2D eigenvalue weighted by Crippen LogP contribution is 2.07. The maximum absolute atomic E-state index is 5.74. The second kappa shape index (κ2) is 6.17. The molecule has 2 aromatic rings. The Labute approximate surface area is 116 Å². The summed E-state index contributed by atoms with van der Waals surface area (Å²) in [4.78, 5) is 11.7. The van der Waals surface area contributed by atoms with Crippen LogP contribution in [0.25, 0.3) is 0 Å². The summed E-state index contributed by atoms with van der Waals surface area (Å²) in [7, 11) is 1.46. The van der Waals surface area contributed by atoms with Crippen LogP contribution >= 0.6 is 11.6 Å². The number of hydrogen-bond donors (Lipinski definition) is 0. The van der Waals surface area contributed by atoms with E-state index >= 15 is 0 Å². The van der Waals surface area contributed by atoms with E-state index in [9.17, 15) is 0 Å². The minimum absolute atomic E-state index is 0.0671. The molecule has 5 heteroatoms. The van der Waals surface area contributed by atoms with Crippen LogP contribution in [0.3, 0.4) is 0 Å². The van der Waals surface area contributed by atoms with Gasteiger partial charge in [0.25, 0.3) is 0 Å². The van der Waals surface area contributed by atoms with E-state index in [0.717, 1.165) is 12.0 Å². The van der Waals surface area contributed by atoms with E-state index in [1.54, 1.807) is 0 Å². The minimum atomic E-state index is 0.0671. The van der Waals surface area contributed by atoms with E-state index in [1.807, 2.05) is 24.3 Å². The Morgan fingerprint density at radius 1 is 1.11 bits per heavy atom. The molecule has 0 spiro atoms. The molecule has 1 aromatic heterocycles. The minimum Gasteiger partial charge on any atom is -0.467 e. The second-order valence-electron chi connectivity index (χ2n) is 3.72. The molecule has 0 aliphatic heterocycles. The van der Waals surface area contributed by atoms with Gasteiger partial charge in [0, 0.05) is 5.56 Å². The van der Waals surface area contributed by atoms with Crippen LogP contribution in [0.5, 0.6) is 6.01 Å². The average molecular weight is 274 g/mol. The summed E-state index contributed by atoms with van der Waals surface area (Å²) >= 11 is 5.74. The molecule has 0 atom stereocenters. The van der Waals surface area contributed by atoms with Gasteiger partial charge in [0.2, 0.25) is 11.1 Å². The van der Waals surface area contributed by atoms with Gasteiger partial charge in [0.1, 0.15) is 0 Å². The van der Waals surface area contributed by atoms with Crippen molar-refractivity contribution >= 4 is 11.6 Å². The summed E-state index contributed by atoms with van der Waals surface area (Å²) in [5.74, 6) is 6.10. The maximum Gasteiger partial charge on any atom is 0.321 e. The highest BCUT2D eigenvalue weighted by atomic mass is 35.5. The lowest BCUT2D eigenvalue weighted by atomic mass is 10.1. The molecule has 1 aromatic carbocycles. The lowest BCUT2D eigenvalue weighted by Crippen LogP contribution is -1.98. The fourth-order valence-corrected chi connectivity index (χ4v) is 1.58. The number of halogens is 1. The van der Waals surface area contributed by atoms with Crippen LogP contribution in [0, 0.1) is 11.8 Å². The number of aromatic nitrogens is 3. The number of rotatable bonds is 2. The van der Waals surface area contributed by atoms with Crippen LogP contribution in [-0.2, 0) is 6.42 Å². The summed E-state index contributed by atoms with van der Waals surface area (Å²) in [6.07, 6.45) is 1.01. The number of benzene rings is 1. The van der Waals surface area contributed by atoms with Crippen molar-refractivity contribution in [2.75, 3.05) is 7.11 Å². The highest BCUT2D eigenvalue weighted by molar-refractivity contribution is 6.28. The third-order valence-electron chi connectivity index (χ3n) is 2.45. The average Bonchev–Trinajstić information content (AvgIpc) is 2.45. The molecule has 19 heavy (non-hydrogen) atoms. The third-order valence-corrected chi connectivity index (χ3v) is 2.62. The predicted octanol–water partition coefficient (Wildman–Crippen LogP) is 2.50. The van der Waals surface area contributed by atoms with E-state index in [2.05, 4.69) is 33.7 Å². The number of ether oxygens (including phenoxy) is 1. The molecule has 0 saturated heterocycles. The summed E-state index contributed by atoms with van der Waals surface area (Å²) in [5.41, 5.74) is 2.17. The molecule has 0 radical (unpaired) electrons. The van der Waals surface area contributed by atoms with Crippen molar-refractivity contribution in [1.29, 1.82) is 0 Å². The van der Waals surface area contributed by atoms with Crippen molar-refractivity contribution in [3.63, 3.8) is 0 Å². The first-order chi connectivity index (χ1) is 9.21. The SMILES string of the molecule is CCc1ccc(C#Cc2nc(Cl)nc(OC)n2)cc1. The van der Waals surface area contributed by atoms with Crippen LogP contribution in [0.1, 0.15) is 23.9 Å². The molecule has 4 nitrogen and oxygen atoms in total. The van der Waals surface area contributed by atoms with Gasteiger partial charge in [0.15, 0.2) is 0 Å². The van der Waals surface area contributed by atoms with Crippen molar-refractivity contribution in [3.05, 3.63) is 46.5 Å². The number of nitrogens with zero attached hydrogens (tertiary/aromatic N) is 3. The third kappa shape index (κ3) is 3.67. The van der Waals surface area contributed by atoms with Crippen molar-refractivity contribution < 1.29 is 4.74 Å². The molecule has 0 N–H and O–H groups in total. The van der Waals surface area contributed by atoms with Crippen LogP contribution < -0.4 is 4.74 Å². The largest absolute Gasteiger partial charge is 0.467 e. The van der Waals surface area contributed by atoms with Crippen LogP contribution in [0.15, 0.2) is 24.3 Å². The van der Waals surface area contributed by atoms with Gasteiger partial charge < -0.3 is 4.74 Å². The van der Waals surface area contributed by atoms with E-state index in [1.165, 1.54) is 12.7 Å². The van der Waals surface area contributed by atoms with Gasteiger partial charge in [-0.05, 0) is 41.6 Å². The Hall–Kier alpha value is -2.12. The number of hydrogen-bond acceptors (Lipinski definition) is 4. The molecule has 1 heterocycles. The molecule has 0 fully saturated rings. The fourth-order valence-electron chi connectivity index (χ4n) is 1.43. The summed E-state index contributed by atoms with van der Waals surface area (Å²) in [5, 5.41) is 0.0671. The number of aryl methyl sites for hydroxylation is 1. The van der Waals surface area contributed by atoms with Crippen LogP contribution in [-0.4, -0.2) is 22.1 Å². The zero-order chi connectivity index (χ0) is 13.7. The molecule has 0 amide bonds. The molecule has 0 aliphatic rings. The monoisotopic (exact) mass is 273 g/mol. The Morgan fingerprint density at radius 2 is 1.84 bits per heavy atom. The normalized spacial score (nSPS) is 9.63. The molecule has 2 rings (SSSR count). The van der Waals surface area contributed by atoms with Gasteiger partial charge in [-0.3, -0.25) is 0 Å². The van der Waals surface area contributed by atoms with Crippen molar-refractivity contribution in [2.45, 2.75) is 13.3 Å². The standard InChI is InChI=1S/C14H12ClN3O/c1-3-10-4-6-11(7-5-10)8-9-12-16-13(15)18-14(17-12)19-2/h4-7H,3H2,1-2H3. The van der Waals surface area contributed by atoms with Gasteiger partial charge >= 0.3 is 6.01 Å². The van der Waals surface area contributed by atoms with E-state index < -0.39 is 0 Å². The van der Waals surface area contributed by atoms with Gasteiger partial charge in [-0.1, -0.05) is 25.0 Å². The molecule has 0 unspecified atom stereocenters. The summed E-state index contributed by atoms with van der Waals surface area (Å²) in [6.45, 7) is 2.11. The molecule has 0 saturated carbocycles. The first-order valence-corrected chi connectivity index (χ1v) is 6.15. The summed E-state index contributed by atoms with van der Waals surface area (Å²) < 4.78 is 4.90. The molecular weight excluding hydrogens is 262 g/mol. The first-order valence-electron chi connectivity index (χ1n) is 5.78. The van der Waals surface area contributed by atoms with Crippen molar-refractivity contribution in [1.82, 2.24) is 15.0 Å². The van der Waals surface area contributed by atoms with Crippen LogP contribution in [0.2, 0.25) is 5.28 Å². The quantitative estimate of drug-likeness (QED) is 0.789. The summed E-state index contributed by atoms with van der Waals surface area (Å²) in [6, 6.07) is 8.18.